The van der Waals surface area contributed by atoms with Crippen molar-refractivity contribution in [1.82, 2.24) is 19.6 Å². The number of nitrogens with zero attached hydrogens (tertiary/aromatic N) is 5. The first-order valence-electron chi connectivity index (χ1n) is 46.4. The SMILES string of the molecule is Brc1ccsc1.CC(=O)O.CC(=O)O.CC(C)(C)OC(=O)N1CCC(=O)C1.CC(C)(C)OC(=O)N1CCC(O)(c2ccsc2)C1.CC(C)(C)OC(=O)N1CCC(O)(c2ccsc2-c2ccccc2O)C1.CC(C)(C)OC(=O)N1CCC(O)(c2ccsc2Br)C1.Cl.Cl.FB(F)F.OB(O)c1ccccc1O.[B]=NS.[CH2-]CCC.[Li+].[Pd].c1ccc2c(c1)OC1(CCCC1)c1ccsc1-2.c1ccc2c(c1)OC1(CCCC1)c1ccsc1-2. The minimum Gasteiger partial charge on any atom is -0.482 e. The van der Waals surface area contributed by atoms with Crippen molar-refractivity contribution in [2.45, 2.75) is 244 Å². The number of aliphatic hydroxyl groups is 3. The average molecular weight is 2440 g/mol. The summed E-state index contributed by atoms with van der Waals surface area (Å²) in [5.74, 6) is 0.661. The number of phenols is 2. The van der Waals surface area contributed by atoms with Crippen molar-refractivity contribution in [2.24, 2.45) is 4.30 Å². The number of unbranched alkanes of at least 4 members (excludes halogenated alkanes) is 1. The van der Waals surface area contributed by atoms with E-state index in [9.17, 15) is 57.3 Å². The number of carbonyl (C=O) groups excluding carboxylic acids is 5. The number of halogens is 7. The van der Waals surface area contributed by atoms with Crippen LogP contribution in [0, 0.1) is 6.92 Å². The van der Waals surface area contributed by atoms with Gasteiger partial charge in [-0.2, -0.15) is 29.1 Å². The number of carbonyl (C=O) groups is 7. The Morgan fingerprint density at radius 1 is 0.493 bits per heavy atom. The standard InChI is InChI=1S/C19H23NO4S.2C15H14OS.C13H18BrNO3S.C13H19NO3S.C9H15NO3.C6H7BO3.C4H3BrS.C4H9.2C2H4O2.BF3.BHNS.2ClH.Li.Pd/c1-18(2,3)24-17(22)20-10-9-19(23,12-20)14-8-11-25-16(14)13-6-4-5-7-15(13)21;2*1-2-6-13-11(5-1)14-12(7-10-17-14)15(16-13)8-3-4-9-15;1-12(2,3)18-11(16)15-6-5-13(17,8-15)9-4-7-19-10(9)14;1-12(2,3)17-11(15)14-6-5-13(16,9-14)10-4-7-18-8-10;1-9(2,3)13-8(12)10-5-4-7(11)6-10;8-6-4-2-1-3-5(6)7(9)10;5-4-1-2-6-3-4;1-3-4-2;2*1-2(3)4;2-1(3)4;1-2-3;;;;/h4-8,11,21,23H,9-10,12H2,1-3H3;2*1-2,5-7,10H,3-4,8-9H2;4,7,17H,5-6,8H2,1-3H3;4,7-8,16H,5-6,9H2,1-3H3;4-6H2,1-3H3;1-4,8-10H;1-3H;1,3-4H2,2H3;2*1H3,(H,3,4);;3H;2*1H;;/q;;;;;;;;-1;;;;;;;+1;. The monoisotopic (exact) mass is 2430 g/mol. The molecule has 10 aromatic rings. The second-order valence-electron chi connectivity index (χ2n) is 38.1. The smallest absolute Gasteiger partial charge is 0.482 e. The molecule has 6 fully saturated rings. The van der Waals surface area contributed by atoms with Gasteiger partial charge in [0.2, 0.25) is 0 Å². The molecule has 12 heterocycles. The number of benzene rings is 4. The van der Waals surface area contributed by atoms with Crippen molar-refractivity contribution in [3.8, 4) is 54.3 Å². The van der Waals surface area contributed by atoms with Crippen molar-refractivity contribution >= 4 is 207 Å². The number of aromatic hydroxyl groups is 2. The molecule has 3 atom stereocenters. The van der Waals surface area contributed by atoms with Gasteiger partial charge in [-0.15, -0.1) is 70.2 Å². The van der Waals surface area contributed by atoms with Crippen LogP contribution < -0.4 is 33.8 Å². The van der Waals surface area contributed by atoms with Crippen molar-refractivity contribution in [1.29, 1.82) is 0 Å². The number of ether oxygens (including phenoxy) is 6. The van der Waals surface area contributed by atoms with E-state index in [1.54, 1.807) is 56.7 Å². The van der Waals surface area contributed by atoms with Crippen LogP contribution in [0.1, 0.15) is 222 Å². The van der Waals surface area contributed by atoms with Gasteiger partial charge in [-0.3, -0.25) is 27.3 Å². The number of Topliss-reactive ketones (excluding diaryl/α,β-unsaturated/α-hetero) is 1. The molecule has 27 nitrogen and oxygen atoms in total. The molecule has 8 aliphatic rings. The quantitative estimate of drug-likeness (QED) is 0.0320. The zero-order valence-corrected chi connectivity index (χ0v) is 98.0. The second kappa shape index (κ2) is 64.1. The molecule has 0 bridgehead atoms. The third kappa shape index (κ3) is 44.3. The Morgan fingerprint density at radius 2 is 0.818 bits per heavy atom. The van der Waals surface area contributed by atoms with Crippen LogP contribution in [-0.2, 0) is 81.8 Å². The first-order valence-corrected chi connectivity index (χ1v) is 53.8. The Labute approximate surface area is 952 Å². The number of amides is 4. The summed E-state index contributed by atoms with van der Waals surface area (Å²) in [5, 5.41) is 99.7. The normalized spacial score (nSPS) is 17.4. The van der Waals surface area contributed by atoms with Crippen molar-refractivity contribution in [2.75, 3.05) is 52.4 Å². The van der Waals surface area contributed by atoms with Crippen molar-refractivity contribution in [3.05, 3.63) is 220 Å². The average Bonchev–Trinajstić information content (AvgIpc) is 1.57. The van der Waals surface area contributed by atoms with Gasteiger partial charge in [0.1, 0.15) is 73.4 Å². The number of aliphatic carboxylic acids is 2. The van der Waals surface area contributed by atoms with E-state index in [0.29, 0.717) is 64.0 Å². The number of hydrogen-bond donors (Lipinski definition) is 10. The molecule has 809 valence electrons. The fraction of sp³-hybridized carbons (Fsp3) is 0.451. The number of thiophene rings is 6. The number of likely N-dealkylation sites (tertiary alicyclic amines) is 4. The summed E-state index contributed by atoms with van der Waals surface area (Å²) in [5.41, 5.74) is 3.58. The predicted octanol–water partition coefficient (Wildman–Crippen LogP) is 22.5. The Hall–Kier alpha value is -7.30. The summed E-state index contributed by atoms with van der Waals surface area (Å²) in [6.07, 6.45) is 12.6. The summed E-state index contributed by atoms with van der Waals surface area (Å²) < 4.78 is 67.7. The van der Waals surface area contributed by atoms with Crippen LogP contribution in [0.2, 0.25) is 0 Å². The van der Waals surface area contributed by atoms with E-state index in [1.807, 2.05) is 174 Å². The van der Waals surface area contributed by atoms with Gasteiger partial charge in [0.05, 0.1) is 30.0 Å². The van der Waals surface area contributed by atoms with Crippen LogP contribution in [0.15, 0.2) is 189 Å². The second-order valence-corrected chi connectivity index (χ2v) is 45.8. The summed E-state index contributed by atoms with van der Waals surface area (Å²) in [7, 11) is -0.926. The predicted molar refractivity (Wildman–Crippen MR) is 593 cm³/mol. The molecule has 2 spiro atoms. The molecule has 3 unspecified atom stereocenters. The van der Waals surface area contributed by atoms with Gasteiger partial charge in [-0.25, -0.2) is 19.2 Å². The van der Waals surface area contributed by atoms with E-state index in [2.05, 4.69) is 142 Å². The number of ketones is 1. The summed E-state index contributed by atoms with van der Waals surface area (Å²) in [6.45, 7) is 32.7. The molecule has 9 N–H and O–H groups in total. The molecule has 46 heteroatoms. The molecule has 148 heavy (non-hydrogen) atoms. The number of para-hydroxylation sites is 4. The van der Waals surface area contributed by atoms with E-state index in [1.165, 1.54) is 139 Å². The molecule has 6 aliphatic heterocycles. The minimum atomic E-state index is -3.67. The third-order valence-electron chi connectivity index (χ3n) is 21.9. The fourth-order valence-electron chi connectivity index (χ4n) is 15.7. The van der Waals surface area contributed by atoms with Gasteiger partial charge in [0, 0.05) is 136 Å². The van der Waals surface area contributed by atoms with Crippen LogP contribution in [-0.4, -0.2) is 205 Å². The Balaban J connectivity index is 0.000000563. The fourth-order valence-corrected chi connectivity index (χ4v) is 22.2. The van der Waals surface area contributed by atoms with E-state index in [0.717, 1.165) is 57.1 Å². The zero-order valence-electron chi connectivity index (χ0n) is 85.8. The summed E-state index contributed by atoms with van der Waals surface area (Å²) >= 11 is 19.9. The summed E-state index contributed by atoms with van der Waals surface area (Å²) in [4.78, 5) is 86.2. The zero-order chi connectivity index (χ0) is 107. The third-order valence-corrected chi connectivity index (χ3v) is 28.6. The van der Waals surface area contributed by atoms with Gasteiger partial charge in [-0.05, 0) is 308 Å². The molecule has 4 saturated heterocycles. The maximum absolute atomic E-state index is 12.3. The van der Waals surface area contributed by atoms with Gasteiger partial charge in [-0.1, -0.05) is 67.9 Å². The molecule has 4 amide bonds. The number of rotatable bonds is 6. The first kappa shape index (κ1) is 137. The van der Waals surface area contributed by atoms with E-state index < -0.39 is 78.0 Å². The molecule has 4 aromatic carbocycles. The van der Waals surface area contributed by atoms with Crippen molar-refractivity contribution in [3.63, 3.8) is 0 Å². The van der Waals surface area contributed by atoms with E-state index >= 15 is 0 Å². The minimum absolute atomic E-state index is 0. The van der Waals surface area contributed by atoms with Crippen molar-refractivity contribution < 1.29 is 160 Å². The maximum Gasteiger partial charge on any atom is 1.00 e. The molecule has 1 radical (unpaired) electrons. The number of carboxylic acid groups (broad SMARTS) is 2. The molecule has 6 aromatic heterocycles. The van der Waals surface area contributed by atoms with Crippen LogP contribution in [0.4, 0.5) is 32.1 Å². The van der Waals surface area contributed by atoms with Crippen LogP contribution in [0.25, 0.3) is 31.3 Å². The largest absolute Gasteiger partial charge is 1.00 e. The number of thiol groups is 1. The van der Waals surface area contributed by atoms with Gasteiger partial charge in [0.25, 0.3) is 11.9 Å². The van der Waals surface area contributed by atoms with Crippen LogP contribution in [0.5, 0.6) is 23.0 Å². The maximum atomic E-state index is 12.3. The van der Waals surface area contributed by atoms with E-state index in [-0.39, 0.29) is 130 Å². The number of fused-ring (bicyclic) bond motifs is 8. The van der Waals surface area contributed by atoms with Gasteiger partial charge in [0.15, 0.2) is 5.78 Å². The number of carboxylic acids is 2. The first-order chi connectivity index (χ1) is 67.5. The molecular formula is C102H133B3Br2Cl2F3LiN5O22PdS7. The molecule has 18 rings (SSSR count). The molecule has 2 saturated carbocycles. The van der Waals surface area contributed by atoms with Gasteiger partial charge >= 0.3 is 82.7 Å². The molecule has 2 aliphatic carbocycles. The Kier molecular flexibility index (Phi) is 59.3. The number of hydrogen-bond acceptors (Lipinski definition) is 28. The summed E-state index contributed by atoms with van der Waals surface area (Å²) in [6, 6.07) is 42.3. The number of β-amino-alcohol motifs (C(OH)–C–C–N with tert-alkyl or cyclic N) is 3. The molecular weight excluding hydrogens is 2310 g/mol. The van der Waals surface area contributed by atoms with Crippen LogP contribution in [0.3, 0.4) is 0 Å². The topological polar surface area (TPSA) is 382 Å². The van der Waals surface area contributed by atoms with Gasteiger partial charge < -0.3 is 101 Å². The Bertz CT molecular complexity index is 5590. The Morgan fingerprint density at radius 3 is 1.14 bits per heavy atom. The van der Waals surface area contributed by atoms with E-state index in [4.69, 9.17) is 63.4 Å². The number of phenolic OH excluding ortho intramolecular Hbond substituents is 2. The van der Waals surface area contributed by atoms with Crippen LogP contribution >= 0.6 is 138 Å².